The third-order valence-electron chi connectivity index (χ3n) is 5.40. The topological polar surface area (TPSA) is 18.5 Å². The first-order chi connectivity index (χ1) is 8.96. The molecule has 0 N–H and O–H groups in total. The van der Waals surface area contributed by atoms with E-state index in [1.165, 1.54) is 24.8 Å². The number of hydrogen-bond donors (Lipinski definition) is 0. The maximum atomic E-state index is 6.11. The first-order valence-electron chi connectivity index (χ1n) is 7.87. The molecule has 2 unspecified atom stereocenters. The third-order valence-corrected chi connectivity index (χ3v) is 5.40. The Morgan fingerprint density at radius 3 is 2.53 bits per heavy atom. The van der Waals surface area contributed by atoms with Gasteiger partial charge in [0.2, 0.25) is 0 Å². The molecule has 0 aromatic heterocycles. The Morgan fingerprint density at radius 1 is 1.37 bits per heavy atom. The van der Waals surface area contributed by atoms with Crippen LogP contribution in [-0.4, -0.2) is 19.5 Å². The van der Waals surface area contributed by atoms with Crippen LogP contribution in [0, 0.1) is 23.2 Å². The van der Waals surface area contributed by atoms with Crippen molar-refractivity contribution < 1.29 is 9.47 Å². The lowest BCUT2D eigenvalue weighted by Crippen LogP contribution is -2.47. The summed E-state index contributed by atoms with van der Waals surface area (Å²) in [7, 11) is 0. The Bertz CT molecular complexity index is 326. The highest BCUT2D eigenvalue weighted by Gasteiger charge is 2.40. The van der Waals surface area contributed by atoms with Gasteiger partial charge in [0.25, 0.3) is 0 Å². The summed E-state index contributed by atoms with van der Waals surface area (Å²) in [6, 6.07) is 0. The molecule has 19 heavy (non-hydrogen) atoms. The minimum Gasteiger partial charge on any atom is -0.352 e. The molecule has 1 aliphatic heterocycles. The summed E-state index contributed by atoms with van der Waals surface area (Å²) in [5, 5.41) is 0. The molecule has 3 atom stereocenters. The predicted octanol–water partition coefficient (Wildman–Crippen LogP) is 4.40. The molecule has 1 fully saturated rings. The van der Waals surface area contributed by atoms with Crippen LogP contribution in [0.25, 0.3) is 0 Å². The van der Waals surface area contributed by atoms with Crippen molar-refractivity contribution in [2.24, 2.45) is 23.2 Å². The zero-order valence-corrected chi connectivity index (χ0v) is 13.2. The SMILES string of the molecule is CCC(C)C1(C)COC(C2CCC(C)=C[C@H]2C)OC1. The van der Waals surface area contributed by atoms with Gasteiger partial charge in [0.15, 0.2) is 6.29 Å². The summed E-state index contributed by atoms with van der Waals surface area (Å²) in [5.41, 5.74) is 1.71. The maximum Gasteiger partial charge on any atom is 0.160 e. The average Bonchev–Trinajstić information content (AvgIpc) is 2.39. The van der Waals surface area contributed by atoms with E-state index in [1.807, 2.05) is 0 Å². The van der Waals surface area contributed by atoms with E-state index < -0.39 is 0 Å². The van der Waals surface area contributed by atoms with Gasteiger partial charge < -0.3 is 9.47 Å². The van der Waals surface area contributed by atoms with Gasteiger partial charge in [0, 0.05) is 11.3 Å². The molecule has 2 rings (SSSR count). The minimum absolute atomic E-state index is 0.0106. The first kappa shape index (κ1) is 15.1. The standard InChI is InChI=1S/C17H30O2/c1-6-14(4)17(5)10-18-16(19-11-17)15-8-7-12(2)9-13(15)3/h9,13-16H,6-8,10-11H2,1-5H3/t13-,14?,15?,16?,17?/m1/s1. The Labute approximate surface area is 118 Å². The second kappa shape index (κ2) is 5.97. The number of rotatable bonds is 3. The lowest BCUT2D eigenvalue weighted by atomic mass is 9.76. The second-order valence-corrected chi connectivity index (χ2v) is 7.03. The minimum atomic E-state index is 0.0106. The molecule has 2 heteroatoms. The predicted molar refractivity (Wildman–Crippen MR) is 78.9 cm³/mol. The highest BCUT2D eigenvalue weighted by Crippen LogP contribution is 2.39. The van der Waals surface area contributed by atoms with Gasteiger partial charge in [0.05, 0.1) is 13.2 Å². The van der Waals surface area contributed by atoms with Crippen molar-refractivity contribution in [3.05, 3.63) is 11.6 Å². The van der Waals surface area contributed by atoms with Crippen LogP contribution in [0.15, 0.2) is 11.6 Å². The van der Waals surface area contributed by atoms with Gasteiger partial charge in [-0.1, -0.05) is 45.8 Å². The summed E-state index contributed by atoms with van der Waals surface area (Å²) < 4.78 is 12.2. The van der Waals surface area contributed by atoms with Crippen molar-refractivity contribution in [2.45, 2.75) is 60.2 Å². The van der Waals surface area contributed by atoms with Gasteiger partial charge in [0.1, 0.15) is 0 Å². The molecule has 2 nitrogen and oxygen atoms in total. The van der Waals surface area contributed by atoms with Crippen LogP contribution in [0.1, 0.15) is 53.9 Å². The molecular weight excluding hydrogens is 236 g/mol. The van der Waals surface area contributed by atoms with Crippen molar-refractivity contribution in [2.75, 3.05) is 13.2 Å². The molecule has 0 saturated carbocycles. The fourth-order valence-electron chi connectivity index (χ4n) is 3.36. The van der Waals surface area contributed by atoms with E-state index in [1.54, 1.807) is 0 Å². The fraction of sp³-hybridized carbons (Fsp3) is 0.882. The van der Waals surface area contributed by atoms with Crippen LogP contribution in [0.2, 0.25) is 0 Å². The van der Waals surface area contributed by atoms with Crippen LogP contribution in [-0.2, 0) is 9.47 Å². The molecule has 110 valence electrons. The number of ether oxygens (including phenoxy) is 2. The van der Waals surface area contributed by atoms with Gasteiger partial charge in [-0.2, -0.15) is 0 Å². The molecule has 1 aliphatic carbocycles. The van der Waals surface area contributed by atoms with E-state index in [4.69, 9.17) is 9.47 Å². The maximum absolute atomic E-state index is 6.11. The van der Waals surface area contributed by atoms with Crippen LogP contribution in [0.4, 0.5) is 0 Å². The Kier molecular flexibility index (Phi) is 4.73. The summed E-state index contributed by atoms with van der Waals surface area (Å²) in [6.45, 7) is 13.1. The summed E-state index contributed by atoms with van der Waals surface area (Å²) in [4.78, 5) is 0. The van der Waals surface area contributed by atoms with E-state index in [0.29, 0.717) is 17.8 Å². The van der Waals surface area contributed by atoms with Crippen LogP contribution >= 0.6 is 0 Å². The summed E-state index contributed by atoms with van der Waals surface area (Å²) in [5.74, 6) is 1.76. The number of hydrogen-bond acceptors (Lipinski definition) is 2. The van der Waals surface area contributed by atoms with Gasteiger partial charge in [-0.3, -0.25) is 0 Å². The van der Waals surface area contributed by atoms with Gasteiger partial charge in [-0.05, 0) is 31.6 Å². The van der Waals surface area contributed by atoms with E-state index in [2.05, 4.69) is 40.7 Å². The molecule has 0 amide bonds. The Hall–Kier alpha value is -0.340. The smallest absolute Gasteiger partial charge is 0.160 e. The molecule has 0 aromatic carbocycles. The van der Waals surface area contributed by atoms with E-state index in [-0.39, 0.29) is 11.7 Å². The van der Waals surface area contributed by atoms with E-state index >= 15 is 0 Å². The highest BCUT2D eigenvalue weighted by molar-refractivity contribution is 5.06. The summed E-state index contributed by atoms with van der Waals surface area (Å²) >= 11 is 0. The van der Waals surface area contributed by atoms with Crippen molar-refractivity contribution in [1.82, 2.24) is 0 Å². The van der Waals surface area contributed by atoms with Crippen molar-refractivity contribution in [1.29, 1.82) is 0 Å². The molecule has 0 aromatic rings. The molecule has 1 heterocycles. The number of allylic oxidation sites excluding steroid dienone is 2. The molecule has 1 saturated heterocycles. The van der Waals surface area contributed by atoms with Crippen LogP contribution < -0.4 is 0 Å². The second-order valence-electron chi connectivity index (χ2n) is 7.03. The van der Waals surface area contributed by atoms with Crippen LogP contribution in [0.5, 0.6) is 0 Å². The van der Waals surface area contributed by atoms with Crippen molar-refractivity contribution in [3.63, 3.8) is 0 Å². The quantitative estimate of drug-likeness (QED) is 0.705. The van der Waals surface area contributed by atoms with E-state index in [9.17, 15) is 0 Å². The van der Waals surface area contributed by atoms with Crippen LogP contribution in [0.3, 0.4) is 0 Å². The zero-order chi connectivity index (χ0) is 14.0. The van der Waals surface area contributed by atoms with Crippen molar-refractivity contribution >= 4 is 0 Å². The Balaban J connectivity index is 1.93. The lowest BCUT2D eigenvalue weighted by Gasteiger charge is -2.44. The fourth-order valence-corrected chi connectivity index (χ4v) is 3.36. The van der Waals surface area contributed by atoms with E-state index in [0.717, 1.165) is 13.2 Å². The first-order valence-corrected chi connectivity index (χ1v) is 7.87. The zero-order valence-electron chi connectivity index (χ0n) is 13.2. The van der Waals surface area contributed by atoms with Gasteiger partial charge in [-0.25, -0.2) is 0 Å². The molecular formula is C17H30O2. The summed E-state index contributed by atoms with van der Waals surface area (Å²) in [6.07, 6.45) is 5.99. The largest absolute Gasteiger partial charge is 0.352 e. The van der Waals surface area contributed by atoms with Crippen molar-refractivity contribution in [3.8, 4) is 0 Å². The average molecular weight is 266 g/mol. The lowest BCUT2D eigenvalue weighted by molar-refractivity contribution is -0.260. The molecule has 0 bridgehead atoms. The third kappa shape index (κ3) is 3.22. The van der Waals surface area contributed by atoms with Gasteiger partial charge in [-0.15, -0.1) is 0 Å². The monoisotopic (exact) mass is 266 g/mol. The molecule has 2 aliphatic rings. The Morgan fingerprint density at radius 2 is 2.00 bits per heavy atom. The highest BCUT2D eigenvalue weighted by atomic mass is 16.7. The molecule has 0 spiro atoms. The molecule has 0 radical (unpaired) electrons. The van der Waals surface area contributed by atoms with Gasteiger partial charge >= 0.3 is 0 Å². The normalized spacial score (nSPS) is 41.7.